The van der Waals surface area contributed by atoms with E-state index in [-0.39, 0.29) is 17.7 Å². The van der Waals surface area contributed by atoms with Gasteiger partial charge in [-0.15, -0.1) is 0 Å². The number of pyridine rings is 1. The van der Waals surface area contributed by atoms with Gasteiger partial charge >= 0.3 is 6.18 Å². The number of fused-ring (bicyclic) bond motifs is 1. The monoisotopic (exact) mass is 458 g/mol. The van der Waals surface area contributed by atoms with E-state index in [1.54, 1.807) is 4.90 Å². The highest BCUT2D eigenvalue weighted by Crippen LogP contribution is 2.32. The summed E-state index contributed by atoms with van der Waals surface area (Å²) in [6.07, 6.45) is 0.140. The fourth-order valence-electron chi connectivity index (χ4n) is 4.47. The van der Waals surface area contributed by atoms with Gasteiger partial charge in [-0.25, -0.2) is 4.98 Å². The first kappa shape index (κ1) is 22.8. The number of nitrogens with zero attached hydrogens (tertiary/aromatic N) is 3. The Labute approximate surface area is 190 Å². The second-order valence-electron chi connectivity index (χ2n) is 8.34. The minimum atomic E-state index is -4.48. The fourth-order valence-corrected chi connectivity index (χ4v) is 4.47. The Morgan fingerprint density at radius 1 is 1.15 bits per heavy atom. The van der Waals surface area contributed by atoms with Gasteiger partial charge in [-0.1, -0.05) is 18.7 Å². The molecule has 1 saturated heterocycles. The number of halogens is 3. The predicted octanol–water partition coefficient (Wildman–Crippen LogP) is 4.15. The van der Waals surface area contributed by atoms with Crippen LogP contribution >= 0.6 is 0 Å². The number of piperidine rings is 1. The Morgan fingerprint density at radius 3 is 2.67 bits per heavy atom. The van der Waals surface area contributed by atoms with Gasteiger partial charge in [0.15, 0.2) is 0 Å². The molecule has 0 aliphatic carbocycles. The molecule has 2 aliphatic heterocycles. The third-order valence-electron chi connectivity index (χ3n) is 6.17. The van der Waals surface area contributed by atoms with Crippen molar-refractivity contribution in [1.29, 1.82) is 0 Å². The van der Waals surface area contributed by atoms with Crippen molar-refractivity contribution >= 4 is 23.2 Å². The van der Waals surface area contributed by atoms with Crippen LogP contribution in [0.2, 0.25) is 0 Å². The maximum atomic E-state index is 13.2. The van der Waals surface area contributed by atoms with Crippen LogP contribution < -0.4 is 5.32 Å². The van der Waals surface area contributed by atoms with Crippen molar-refractivity contribution in [3.63, 3.8) is 0 Å². The van der Waals surface area contributed by atoms with Crippen LogP contribution in [0.15, 0.2) is 49.2 Å². The summed E-state index contributed by atoms with van der Waals surface area (Å²) < 4.78 is 38.2. The van der Waals surface area contributed by atoms with Gasteiger partial charge in [0.05, 0.1) is 17.8 Å². The summed E-state index contributed by atoms with van der Waals surface area (Å²) >= 11 is 0. The molecule has 1 N–H and O–H groups in total. The lowest BCUT2D eigenvalue weighted by Gasteiger charge is -2.36. The van der Waals surface area contributed by atoms with Gasteiger partial charge in [0.25, 0.3) is 0 Å². The van der Waals surface area contributed by atoms with Gasteiger partial charge in [-0.3, -0.25) is 9.59 Å². The molecular weight excluding hydrogens is 433 g/mol. The zero-order valence-corrected chi connectivity index (χ0v) is 18.1. The molecule has 2 aromatic rings. The summed E-state index contributed by atoms with van der Waals surface area (Å²) in [5, 5.41) is 3.16. The number of anilines is 2. The summed E-state index contributed by atoms with van der Waals surface area (Å²) in [7, 11) is 0. The molecule has 4 rings (SSSR count). The molecule has 1 unspecified atom stereocenters. The molecule has 1 aromatic carbocycles. The Kier molecular flexibility index (Phi) is 6.40. The van der Waals surface area contributed by atoms with Gasteiger partial charge in [0.1, 0.15) is 5.69 Å². The lowest BCUT2D eigenvalue weighted by Crippen LogP contribution is -2.47. The highest BCUT2D eigenvalue weighted by atomic mass is 19.4. The minimum absolute atomic E-state index is 0.0486. The molecule has 1 aromatic heterocycles. The Balaban J connectivity index is 1.45. The van der Waals surface area contributed by atoms with E-state index in [4.69, 9.17) is 0 Å². The van der Waals surface area contributed by atoms with Gasteiger partial charge in [-0.05, 0) is 54.7 Å². The highest BCUT2D eigenvalue weighted by Gasteiger charge is 2.33. The maximum absolute atomic E-state index is 13.2. The first-order chi connectivity index (χ1) is 15.8. The van der Waals surface area contributed by atoms with E-state index in [9.17, 15) is 22.8 Å². The fraction of sp³-hybridized carbons (Fsp3) is 0.375. The number of carbonyl (C=O) groups excluding carboxylic acids is 2. The molecule has 0 spiro atoms. The second-order valence-corrected chi connectivity index (χ2v) is 8.34. The van der Waals surface area contributed by atoms with Crippen LogP contribution in [0.25, 0.3) is 0 Å². The van der Waals surface area contributed by atoms with Crippen LogP contribution in [0.1, 0.15) is 29.7 Å². The molecule has 33 heavy (non-hydrogen) atoms. The number of hydrogen-bond donors (Lipinski definition) is 1. The van der Waals surface area contributed by atoms with E-state index < -0.39 is 11.9 Å². The average molecular weight is 458 g/mol. The van der Waals surface area contributed by atoms with Crippen molar-refractivity contribution in [1.82, 2.24) is 14.8 Å². The smallest absolute Gasteiger partial charge is 0.354 e. The number of nitrogens with one attached hydrogen (secondary N) is 1. The Bertz CT molecular complexity index is 1050. The summed E-state index contributed by atoms with van der Waals surface area (Å²) in [5.41, 5.74) is 2.35. The van der Waals surface area contributed by atoms with Crippen LogP contribution in [0, 0.1) is 5.92 Å². The van der Waals surface area contributed by atoms with Crippen molar-refractivity contribution in [2.75, 3.05) is 25.0 Å². The number of aromatic nitrogens is 1. The molecule has 0 radical (unpaired) electrons. The quantitative estimate of drug-likeness (QED) is 0.699. The second kappa shape index (κ2) is 9.25. The van der Waals surface area contributed by atoms with Gasteiger partial charge in [-0.2, -0.15) is 13.2 Å². The molecule has 9 heteroatoms. The van der Waals surface area contributed by atoms with Crippen LogP contribution in [-0.2, 0) is 28.7 Å². The molecule has 2 amide bonds. The van der Waals surface area contributed by atoms with E-state index >= 15 is 0 Å². The largest absolute Gasteiger partial charge is 0.433 e. The summed E-state index contributed by atoms with van der Waals surface area (Å²) in [4.78, 5) is 32.1. The maximum Gasteiger partial charge on any atom is 0.433 e. The molecule has 1 fully saturated rings. The summed E-state index contributed by atoms with van der Waals surface area (Å²) in [6, 6.07) is 7.99. The molecule has 174 valence electrons. The number of amides is 2. The van der Waals surface area contributed by atoms with E-state index in [1.807, 2.05) is 23.1 Å². The van der Waals surface area contributed by atoms with Gasteiger partial charge < -0.3 is 15.1 Å². The molecule has 0 saturated carbocycles. The lowest BCUT2D eigenvalue weighted by atomic mass is 9.93. The highest BCUT2D eigenvalue weighted by molar-refractivity contribution is 5.88. The van der Waals surface area contributed by atoms with Gasteiger partial charge in [0, 0.05) is 31.9 Å². The van der Waals surface area contributed by atoms with Gasteiger partial charge in [0.2, 0.25) is 11.8 Å². The predicted molar refractivity (Wildman–Crippen MR) is 118 cm³/mol. The van der Waals surface area contributed by atoms with Crippen LogP contribution in [0.4, 0.5) is 24.5 Å². The molecule has 6 nitrogen and oxygen atoms in total. The first-order valence-corrected chi connectivity index (χ1v) is 10.9. The Morgan fingerprint density at radius 2 is 1.97 bits per heavy atom. The van der Waals surface area contributed by atoms with E-state index in [0.29, 0.717) is 38.3 Å². The SMILES string of the molecule is C=CC(=O)N1CCCC(C(=O)N2CCc3c(cccc3Nc3ccc(C(F)(F)F)nc3)C2)C1. The number of alkyl halides is 3. The van der Waals surface area contributed by atoms with Crippen LogP contribution in [-0.4, -0.2) is 46.2 Å². The molecule has 2 aliphatic rings. The molecule has 3 heterocycles. The number of likely N-dealkylation sites (tertiary alicyclic amines) is 1. The third kappa shape index (κ3) is 5.02. The first-order valence-electron chi connectivity index (χ1n) is 10.9. The van der Waals surface area contributed by atoms with Crippen LogP contribution in [0.5, 0.6) is 0 Å². The summed E-state index contributed by atoms with van der Waals surface area (Å²) in [5.74, 6) is -0.318. The van der Waals surface area contributed by atoms with Crippen molar-refractivity contribution < 1.29 is 22.8 Å². The number of carbonyl (C=O) groups is 2. The third-order valence-corrected chi connectivity index (χ3v) is 6.17. The average Bonchev–Trinajstić information content (AvgIpc) is 2.82. The van der Waals surface area contributed by atoms with E-state index in [2.05, 4.69) is 16.9 Å². The standard InChI is InChI=1S/C24H25F3N4O2/c1-2-22(32)30-11-4-6-17(15-30)23(33)31-12-10-19-16(14-31)5-3-7-20(19)29-18-8-9-21(28-13-18)24(25,26)27/h2-3,5,7-9,13,17,29H,1,4,6,10-12,14-15H2. The van der Waals surface area contributed by atoms with Crippen molar-refractivity contribution in [2.45, 2.75) is 32.0 Å². The van der Waals surface area contributed by atoms with Crippen molar-refractivity contribution in [3.8, 4) is 0 Å². The lowest BCUT2D eigenvalue weighted by molar-refractivity contribution is -0.141. The zero-order valence-electron chi connectivity index (χ0n) is 18.1. The molecular formula is C24H25F3N4O2. The summed E-state index contributed by atoms with van der Waals surface area (Å²) in [6.45, 7) is 5.59. The Hall–Kier alpha value is -3.36. The molecule has 1 atom stereocenters. The topological polar surface area (TPSA) is 65.5 Å². The van der Waals surface area contributed by atoms with E-state index in [1.165, 1.54) is 18.3 Å². The number of rotatable bonds is 4. The minimum Gasteiger partial charge on any atom is -0.354 e. The van der Waals surface area contributed by atoms with Crippen molar-refractivity contribution in [2.24, 2.45) is 5.92 Å². The zero-order chi connectivity index (χ0) is 23.6. The number of benzene rings is 1. The normalized spacial score (nSPS) is 18.5. The van der Waals surface area contributed by atoms with E-state index in [0.717, 1.165) is 35.7 Å². The van der Waals surface area contributed by atoms with Crippen LogP contribution in [0.3, 0.4) is 0 Å². The van der Waals surface area contributed by atoms with Crippen molar-refractivity contribution in [3.05, 3.63) is 66.0 Å². The number of hydrogen-bond acceptors (Lipinski definition) is 4. The molecule has 0 bridgehead atoms.